The molecule has 0 aliphatic carbocycles. The zero-order chi connectivity index (χ0) is 11.6. The van der Waals surface area contributed by atoms with Crippen molar-refractivity contribution in [2.45, 2.75) is 19.3 Å². The Morgan fingerprint density at radius 3 is 2.75 bits per heavy atom. The van der Waals surface area contributed by atoms with E-state index in [1.165, 1.54) is 11.1 Å². The summed E-state index contributed by atoms with van der Waals surface area (Å²) >= 11 is 0. The fourth-order valence-corrected chi connectivity index (χ4v) is 1.54. The van der Waals surface area contributed by atoms with E-state index in [0.29, 0.717) is 0 Å². The number of rotatable bonds is 6. The third kappa shape index (κ3) is 4.60. The number of aryl methyl sites for hydroxylation is 1. The summed E-state index contributed by atoms with van der Waals surface area (Å²) < 4.78 is 0. The zero-order valence-corrected chi connectivity index (χ0v) is 9.47. The third-order valence-corrected chi connectivity index (χ3v) is 2.32. The molecule has 0 fully saturated rings. The topological polar surface area (TPSA) is 38.9 Å². The van der Waals surface area contributed by atoms with Crippen molar-refractivity contribution in [1.29, 1.82) is 0 Å². The molecule has 0 aromatic carbocycles. The van der Waals surface area contributed by atoms with Crippen molar-refractivity contribution in [2.75, 3.05) is 0 Å². The first-order valence-corrected chi connectivity index (χ1v) is 5.45. The van der Waals surface area contributed by atoms with Crippen LogP contribution in [0.3, 0.4) is 0 Å². The van der Waals surface area contributed by atoms with Gasteiger partial charge in [0.25, 0.3) is 0 Å². The molecule has 1 heterocycles. The Morgan fingerprint density at radius 2 is 2.12 bits per heavy atom. The summed E-state index contributed by atoms with van der Waals surface area (Å²) in [7, 11) is 0. The third-order valence-electron chi connectivity index (χ3n) is 2.32. The molecule has 0 amide bonds. The van der Waals surface area contributed by atoms with Gasteiger partial charge in [-0.15, -0.1) is 0 Å². The number of hydrogen-bond donors (Lipinski definition) is 1. The van der Waals surface area contributed by atoms with Crippen LogP contribution in [0.5, 0.6) is 0 Å². The normalized spacial score (nSPS) is 11.9. The van der Waals surface area contributed by atoms with Crippen molar-refractivity contribution in [3.63, 3.8) is 0 Å². The Morgan fingerprint density at radius 1 is 1.38 bits per heavy atom. The molecule has 0 bridgehead atoms. The lowest BCUT2D eigenvalue weighted by Gasteiger charge is -2.02. The number of allylic oxidation sites excluding steroid dienone is 4. The van der Waals surface area contributed by atoms with Gasteiger partial charge in [-0.05, 0) is 54.8 Å². The van der Waals surface area contributed by atoms with E-state index in [9.17, 15) is 0 Å². The summed E-state index contributed by atoms with van der Waals surface area (Å²) in [6.07, 6.45) is 14.1. The van der Waals surface area contributed by atoms with E-state index < -0.39 is 0 Å². The summed E-state index contributed by atoms with van der Waals surface area (Å²) in [5.41, 5.74) is 7.92. The molecule has 0 saturated heterocycles. The maximum atomic E-state index is 5.38. The zero-order valence-electron chi connectivity index (χ0n) is 9.47. The Kier molecular flexibility index (Phi) is 5.71. The molecule has 1 aromatic heterocycles. The van der Waals surface area contributed by atoms with E-state index in [1.807, 2.05) is 24.5 Å². The summed E-state index contributed by atoms with van der Waals surface area (Å²) in [5, 5.41) is 0. The molecule has 2 N–H and O–H groups in total. The fourth-order valence-electron chi connectivity index (χ4n) is 1.54. The van der Waals surface area contributed by atoms with Crippen LogP contribution in [0.4, 0.5) is 0 Å². The van der Waals surface area contributed by atoms with Crippen molar-refractivity contribution in [2.24, 2.45) is 5.73 Å². The second kappa shape index (κ2) is 7.46. The standard InChI is InChI=1S/C14H18N2/c1-2-4-13(7-10-15)5-3-6-14-8-11-16-12-9-14/h2,4,7-12H,1,3,5-6,15H2/b10-7-,13-4-. The quantitative estimate of drug-likeness (QED) is 0.739. The smallest absolute Gasteiger partial charge is 0.0270 e. The highest BCUT2D eigenvalue weighted by molar-refractivity contribution is 5.22. The van der Waals surface area contributed by atoms with E-state index in [4.69, 9.17) is 5.73 Å². The molecule has 0 aliphatic rings. The molecule has 0 aliphatic heterocycles. The lowest BCUT2D eigenvalue weighted by atomic mass is 10.0. The van der Waals surface area contributed by atoms with Gasteiger partial charge in [-0.2, -0.15) is 0 Å². The minimum atomic E-state index is 1.02. The monoisotopic (exact) mass is 214 g/mol. The van der Waals surface area contributed by atoms with Gasteiger partial charge >= 0.3 is 0 Å². The Balaban J connectivity index is 2.39. The Labute approximate surface area is 97.2 Å². The van der Waals surface area contributed by atoms with Crippen molar-refractivity contribution in [3.8, 4) is 0 Å². The molecule has 2 heteroatoms. The SMILES string of the molecule is C=C/C=C(\C=C/N)CCCc1ccncc1. The maximum Gasteiger partial charge on any atom is 0.0270 e. The predicted molar refractivity (Wildman–Crippen MR) is 68.8 cm³/mol. The van der Waals surface area contributed by atoms with Crippen LogP contribution in [0.1, 0.15) is 18.4 Å². The highest BCUT2D eigenvalue weighted by Gasteiger charge is 1.94. The summed E-state index contributed by atoms with van der Waals surface area (Å²) in [5.74, 6) is 0. The molecule has 2 nitrogen and oxygen atoms in total. The highest BCUT2D eigenvalue weighted by atomic mass is 14.6. The number of pyridine rings is 1. The highest BCUT2D eigenvalue weighted by Crippen LogP contribution is 2.10. The summed E-state index contributed by atoms with van der Waals surface area (Å²) in [4.78, 5) is 4.00. The van der Waals surface area contributed by atoms with Crippen LogP contribution >= 0.6 is 0 Å². The van der Waals surface area contributed by atoms with Gasteiger partial charge in [-0.1, -0.05) is 18.7 Å². The minimum absolute atomic E-state index is 1.02. The van der Waals surface area contributed by atoms with Crippen LogP contribution in [-0.4, -0.2) is 4.98 Å². The van der Waals surface area contributed by atoms with E-state index in [2.05, 4.69) is 23.7 Å². The Bertz CT molecular complexity index is 364. The van der Waals surface area contributed by atoms with Crippen molar-refractivity contribution >= 4 is 0 Å². The fraction of sp³-hybridized carbons (Fsp3) is 0.214. The van der Waals surface area contributed by atoms with E-state index in [-0.39, 0.29) is 0 Å². The molecule has 0 saturated carbocycles. The van der Waals surface area contributed by atoms with Crippen LogP contribution in [0.2, 0.25) is 0 Å². The maximum absolute atomic E-state index is 5.38. The van der Waals surface area contributed by atoms with Crippen LogP contribution in [0, 0.1) is 0 Å². The number of nitrogens with zero attached hydrogens (tertiary/aromatic N) is 1. The number of nitrogens with two attached hydrogens (primary N) is 1. The van der Waals surface area contributed by atoms with Gasteiger partial charge in [-0.3, -0.25) is 4.98 Å². The summed E-state index contributed by atoms with van der Waals surface area (Å²) in [6, 6.07) is 4.10. The van der Waals surface area contributed by atoms with E-state index in [0.717, 1.165) is 19.3 Å². The van der Waals surface area contributed by atoms with Crippen LogP contribution in [0.15, 0.2) is 61.1 Å². The lowest BCUT2D eigenvalue weighted by Crippen LogP contribution is -1.88. The second-order valence-electron chi connectivity index (χ2n) is 3.55. The van der Waals surface area contributed by atoms with Crippen LogP contribution in [-0.2, 0) is 6.42 Å². The first kappa shape index (κ1) is 12.2. The second-order valence-corrected chi connectivity index (χ2v) is 3.55. The molecule has 0 spiro atoms. The molecular formula is C14H18N2. The van der Waals surface area contributed by atoms with Crippen LogP contribution in [0.25, 0.3) is 0 Å². The number of hydrogen-bond acceptors (Lipinski definition) is 2. The molecule has 84 valence electrons. The first-order valence-electron chi connectivity index (χ1n) is 5.45. The van der Waals surface area contributed by atoms with Crippen molar-refractivity contribution in [3.05, 3.63) is 66.7 Å². The predicted octanol–water partition coefficient (Wildman–Crippen LogP) is 2.99. The average Bonchev–Trinajstić information content (AvgIpc) is 2.31. The van der Waals surface area contributed by atoms with Gasteiger partial charge < -0.3 is 5.73 Å². The van der Waals surface area contributed by atoms with Crippen LogP contribution < -0.4 is 5.73 Å². The molecular weight excluding hydrogens is 196 g/mol. The van der Waals surface area contributed by atoms with Crippen molar-refractivity contribution < 1.29 is 0 Å². The van der Waals surface area contributed by atoms with Gasteiger partial charge in [0, 0.05) is 12.4 Å². The first-order chi connectivity index (χ1) is 7.86. The Hall–Kier alpha value is -1.83. The van der Waals surface area contributed by atoms with E-state index in [1.54, 1.807) is 12.3 Å². The largest absolute Gasteiger partial charge is 0.405 e. The van der Waals surface area contributed by atoms with Gasteiger partial charge in [0.15, 0.2) is 0 Å². The molecule has 1 rings (SSSR count). The van der Waals surface area contributed by atoms with Gasteiger partial charge in [0.1, 0.15) is 0 Å². The van der Waals surface area contributed by atoms with Crippen molar-refractivity contribution in [1.82, 2.24) is 4.98 Å². The molecule has 0 unspecified atom stereocenters. The molecule has 1 aromatic rings. The van der Waals surface area contributed by atoms with Gasteiger partial charge in [0.05, 0.1) is 0 Å². The lowest BCUT2D eigenvalue weighted by molar-refractivity contribution is 0.822. The number of aromatic nitrogens is 1. The molecule has 0 atom stereocenters. The van der Waals surface area contributed by atoms with Gasteiger partial charge in [-0.25, -0.2) is 0 Å². The summed E-state index contributed by atoms with van der Waals surface area (Å²) in [6.45, 7) is 3.69. The minimum Gasteiger partial charge on any atom is -0.405 e. The molecule has 0 radical (unpaired) electrons. The van der Waals surface area contributed by atoms with Gasteiger partial charge in [0.2, 0.25) is 0 Å². The average molecular weight is 214 g/mol. The van der Waals surface area contributed by atoms with E-state index >= 15 is 0 Å². The molecule has 16 heavy (non-hydrogen) atoms.